The minimum atomic E-state index is 0.547. The van der Waals surface area contributed by atoms with Crippen LogP contribution in [0.4, 0.5) is 0 Å². The van der Waals surface area contributed by atoms with Gasteiger partial charge in [0.2, 0.25) is 0 Å². The lowest BCUT2D eigenvalue weighted by Crippen LogP contribution is -2.46. The molecule has 1 saturated carbocycles. The minimum Gasteiger partial charge on any atom is -0.355 e. The van der Waals surface area contributed by atoms with Crippen molar-refractivity contribution in [3.8, 4) is 0 Å². The van der Waals surface area contributed by atoms with Crippen molar-refractivity contribution in [2.45, 2.75) is 70.9 Å². The Kier molecular flexibility index (Phi) is 7.29. The lowest BCUT2D eigenvalue weighted by molar-refractivity contribution is 0.232. The monoisotopic (exact) mass is 361 g/mol. The van der Waals surface area contributed by atoms with Crippen LogP contribution in [0.3, 0.4) is 0 Å². The number of piperidine rings is 1. The molecular weight excluding hydrogens is 326 g/mol. The highest BCUT2D eigenvalue weighted by molar-refractivity contribution is 5.80. The van der Waals surface area contributed by atoms with E-state index in [1.165, 1.54) is 64.5 Å². The maximum absolute atomic E-state index is 4.80. The first kappa shape index (κ1) is 19.1. The first-order chi connectivity index (χ1) is 12.7. The van der Waals surface area contributed by atoms with Crippen molar-refractivity contribution in [1.29, 1.82) is 0 Å². The summed E-state index contributed by atoms with van der Waals surface area (Å²) < 4.78 is 2.01. The van der Waals surface area contributed by atoms with Crippen molar-refractivity contribution in [3.05, 3.63) is 11.6 Å². The lowest BCUT2D eigenvalue weighted by atomic mass is 9.96. The number of aryl methyl sites for hydroxylation is 1. The molecule has 1 saturated heterocycles. The van der Waals surface area contributed by atoms with Gasteiger partial charge in [-0.05, 0) is 45.7 Å². The molecule has 2 heterocycles. The third-order valence-electron chi connectivity index (χ3n) is 5.68. The summed E-state index contributed by atoms with van der Waals surface area (Å²) in [5.41, 5.74) is 0. The summed E-state index contributed by atoms with van der Waals surface area (Å²) in [7, 11) is 2.00. The third-order valence-corrected chi connectivity index (χ3v) is 5.68. The van der Waals surface area contributed by atoms with Crippen LogP contribution in [-0.2, 0) is 13.6 Å². The Morgan fingerprint density at radius 3 is 2.50 bits per heavy atom. The van der Waals surface area contributed by atoms with Gasteiger partial charge >= 0.3 is 0 Å². The van der Waals surface area contributed by atoms with E-state index in [2.05, 4.69) is 25.7 Å². The van der Waals surface area contributed by atoms with Gasteiger partial charge in [-0.15, -0.1) is 10.2 Å². The fraction of sp³-hybridized carbons (Fsp3) is 0.842. The van der Waals surface area contributed by atoms with Crippen molar-refractivity contribution in [1.82, 2.24) is 30.3 Å². The van der Waals surface area contributed by atoms with Gasteiger partial charge in [0.05, 0.1) is 0 Å². The quantitative estimate of drug-likeness (QED) is 0.599. The second kappa shape index (κ2) is 9.90. The van der Waals surface area contributed by atoms with Crippen LogP contribution in [0.1, 0.15) is 63.0 Å². The van der Waals surface area contributed by atoms with E-state index in [1.807, 2.05) is 18.5 Å². The summed E-state index contributed by atoms with van der Waals surface area (Å²) in [6.45, 7) is 7.04. The Morgan fingerprint density at radius 1 is 1.08 bits per heavy atom. The molecule has 1 aliphatic carbocycles. The molecule has 1 aliphatic heterocycles. The van der Waals surface area contributed by atoms with E-state index in [4.69, 9.17) is 4.99 Å². The average Bonchev–Trinajstić information content (AvgIpc) is 2.99. The number of hydrogen-bond acceptors (Lipinski definition) is 4. The summed E-state index contributed by atoms with van der Waals surface area (Å²) >= 11 is 0. The minimum absolute atomic E-state index is 0.547. The Balaban J connectivity index is 1.54. The van der Waals surface area contributed by atoms with Crippen molar-refractivity contribution < 1.29 is 0 Å². The molecule has 1 aromatic rings. The number of likely N-dealkylation sites (tertiary alicyclic amines) is 1. The molecule has 146 valence electrons. The smallest absolute Gasteiger partial charge is 0.191 e. The Morgan fingerprint density at radius 2 is 1.81 bits per heavy atom. The fourth-order valence-electron chi connectivity index (χ4n) is 3.85. The molecule has 1 aromatic heterocycles. The number of guanidine groups is 1. The fourth-order valence-corrected chi connectivity index (χ4v) is 3.85. The van der Waals surface area contributed by atoms with Gasteiger partial charge in [0.25, 0.3) is 0 Å². The van der Waals surface area contributed by atoms with E-state index in [9.17, 15) is 0 Å². The molecule has 3 rings (SSSR count). The van der Waals surface area contributed by atoms with E-state index >= 15 is 0 Å². The number of rotatable bonds is 6. The summed E-state index contributed by atoms with van der Waals surface area (Å²) in [6, 6.07) is 0.547. The highest BCUT2D eigenvalue weighted by Gasteiger charge is 2.15. The molecule has 0 amide bonds. The van der Waals surface area contributed by atoms with Crippen molar-refractivity contribution in [3.63, 3.8) is 0 Å². The van der Waals surface area contributed by atoms with Crippen LogP contribution in [-0.4, -0.2) is 57.8 Å². The van der Waals surface area contributed by atoms with Gasteiger partial charge < -0.3 is 20.1 Å². The molecule has 0 radical (unpaired) electrons. The lowest BCUT2D eigenvalue weighted by Gasteiger charge is -2.28. The molecule has 2 fully saturated rings. The second-order valence-corrected chi connectivity index (χ2v) is 7.70. The predicted octanol–water partition coefficient (Wildman–Crippen LogP) is 1.98. The molecule has 0 spiro atoms. The van der Waals surface area contributed by atoms with E-state index in [0.29, 0.717) is 12.6 Å². The van der Waals surface area contributed by atoms with Crippen LogP contribution in [0.2, 0.25) is 0 Å². The Bertz CT molecular complexity index is 568. The number of aliphatic imine (C=N–C) groups is 1. The Labute approximate surface area is 157 Å². The van der Waals surface area contributed by atoms with E-state index in [0.717, 1.165) is 30.7 Å². The van der Waals surface area contributed by atoms with Crippen LogP contribution in [0.5, 0.6) is 0 Å². The molecule has 0 bridgehead atoms. The SMILES string of the molecule is Cc1nnc(CN=C(NCCN2CCCCC2)NC2CCCCC2)n1C. The second-order valence-electron chi connectivity index (χ2n) is 7.70. The van der Waals surface area contributed by atoms with Crippen LogP contribution < -0.4 is 10.6 Å². The van der Waals surface area contributed by atoms with Crippen LogP contribution >= 0.6 is 0 Å². The normalized spacial score (nSPS) is 20.3. The molecule has 0 aromatic carbocycles. The maximum Gasteiger partial charge on any atom is 0.191 e. The number of nitrogens with one attached hydrogen (secondary N) is 2. The zero-order valence-corrected chi connectivity index (χ0v) is 16.5. The highest BCUT2D eigenvalue weighted by atomic mass is 15.3. The Hall–Kier alpha value is -1.63. The van der Waals surface area contributed by atoms with Gasteiger partial charge in [-0.2, -0.15) is 0 Å². The van der Waals surface area contributed by atoms with Gasteiger partial charge in [0.15, 0.2) is 11.8 Å². The topological polar surface area (TPSA) is 70.4 Å². The molecule has 26 heavy (non-hydrogen) atoms. The van der Waals surface area contributed by atoms with Gasteiger partial charge in [-0.3, -0.25) is 0 Å². The largest absolute Gasteiger partial charge is 0.355 e. The number of hydrogen-bond donors (Lipinski definition) is 2. The maximum atomic E-state index is 4.80. The summed E-state index contributed by atoms with van der Waals surface area (Å²) in [5.74, 6) is 2.76. The first-order valence-corrected chi connectivity index (χ1v) is 10.3. The van der Waals surface area contributed by atoms with E-state index < -0.39 is 0 Å². The van der Waals surface area contributed by atoms with Gasteiger partial charge in [0.1, 0.15) is 12.4 Å². The van der Waals surface area contributed by atoms with Crippen LogP contribution in [0.15, 0.2) is 4.99 Å². The van der Waals surface area contributed by atoms with Crippen LogP contribution in [0.25, 0.3) is 0 Å². The molecule has 0 atom stereocenters. The van der Waals surface area contributed by atoms with Crippen molar-refractivity contribution >= 4 is 5.96 Å². The zero-order chi connectivity index (χ0) is 18.2. The van der Waals surface area contributed by atoms with E-state index in [1.54, 1.807) is 0 Å². The van der Waals surface area contributed by atoms with Gasteiger partial charge in [-0.25, -0.2) is 4.99 Å². The third kappa shape index (κ3) is 5.69. The summed E-state index contributed by atoms with van der Waals surface area (Å²) in [4.78, 5) is 7.35. The van der Waals surface area contributed by atoms with Crippen LogP contribution in [0, 0.1) is 6.92 Å². The molecule has 7 nitrogen and oxygen atoms in total. The zero-order valence-electron chi connectivity index (χ0n) is 16.5. The molecule has 2 aliphatic rings. The van der Waals surface area contributed by atoms with Gasteiger partial charge in [0, 0.05) is 26.2 Å². The van der Waals surface area contributed by atoms with Crippen molar-refractivity contribution in [2.75, 3.05) is 26.2 Å². The number of nitrogens with zero attached hydrogens (tertiary/aromatic N) is 5. The average molecular weight is 362 g/mol. The molecular formula is C19H35N7. The molecule has 2 N–H and O–H groups in total. The highest BCUT2D eigenvalue weighted by Crippen LogP contribution is 2.17. The molecule has 0 unspecified atom stereocenters. The summed E-state index contributed by atoms with van der Waals surface area (Å²) in [5, 5.41) is 15.6. The molecule has 7 heteroatoms. The predicted molar refractivity (Wildman–Crippen MR) is 105 cm³/mol. The van der Waals surface area contributed by atoms with Gasteiger partial charge in [-0.1, -0.05) is 25.7 Å². The number of aromatic nitrogens is 3. The standard InChI is InChI=1S/C19H35N7/c1-16-23-24-18(25(16)2)15-21-19(22-17-9-5-3-6-10-17)20-11-14-26-12-7-4-8-13-26/h17H,3-15H2,1-2H3,(H2,20,21,22). The first-order valence-electron chi connectivity index (χ1n) is 10.3. The van der Waals surface area contributed by atoms with Crippen molar-refractivity contribution in [2.24, 2.45) is 12.0 Å². The van der Waals surface area contributed by atoms with E-state index in [-0.39, 0.29) is 0 Å². The summed E-state index contributed by atoms with van der Waals surface area (Å²) in [6.07, 6.45) is 10.6.